The van der Waals surface area contributed by atoms with Gasteiger partial charge in [-0.15, -0.1) is 0 Å². The topological polar surface area (TPSA) is 23.8 Å². The van der Waals surface area contributed by atoms with E-state index in [1.807, 2.05) is 30.3 Å². The molecule has 0 spiro atoms. The van der Waals surface area contributed by atoms with E-state index in [1.54, 1.807) is 12.1 Å². The van der Waals surface area contributed by atoms with Crippen molar-refractivity contribution in [3.63, 3.8) is 0 Å². The smallest absolute Gasteiger partial charge is 0.0992 e. The average Bonchev–Trinajstić information content (AvgIpc) is 2.34. The Labute approximate surface area is 114 Å². The number of rotatable bonds is 2. The van der Waals surface area contributed by atoms with Crippen LogP contribution in [0, 0.1) is 11.3 Å². The molecule has 4 heteroatoms. The minimum Gasteiger partial charge on any atom is -0.192 e. The van der Waals surface area contributed by atoms with Crippen molar-refractivity contribution in [1.82, 2.24) is 0 Å². The Bertz CT molecular complexity index is 590. The molecule has 0 aliphatic heterocycles. The van der Waals surface area contributed by atoms with Crippen molar-refractivity contribution in [2.45, 2.75) is 9.79 Å². The molecule has 2 aromatic carbocycles. The first kappa shape index (κ1) is 12.3. The Morgan fingerprint density at radius 3 is 2.29 bits per heavy atom. The number of hydrogen-bond donors (Lipinski definition) is 0. The van der Waals surface area contributed by atoms with Gasteiger partial charge < -0.3 is 0 Å². The molecule has 0 aliphatic carbocycles. The van der Waals surface area contributed by atoms with E-state index >= 15 is 0 Å². The zero-order valence-corrected chi connectivity index (χ0v) is 11.0. The van der Waals surface area contributed by atoms with E-state index in [4.69, 9.17) is 28.5 Å². The molecule has 17 heavy (non-hydrogen) atoms. The van der Waals surface area contributed by atoms with Crippen LogP contribution in [-0.2, 0) is 0 Å². The SMILES string of the molecule is N#Cc1ccc(Sc2ccccc2Cl)c(Cl)c1. The zero-order chi connectivity index (χ0) is 12.3. The maximum Gasteiger partial charge on any atom is 0.0992 e. The number of nitriles is 1. The first-order chi connectivity index (χ1) is 8.20. The number of benzene rings is 2. The standard InChI is InChI=1S/C13H7Cl2NS/c14-10-3-1-2-4-12(10)17-13-6-5-9(8-16)7-11(13)15/h1-7H. The van der Waals surface area contributed by atoms with Crippen LogP contribution < -0.4 is 0 Å². The van der Waals surface area contributed by atoms with Gasteiger partial charge in [0.05, 0.1) is 21.7 Å². The van der Waals surface area contributed by atoms with Crippen LogP contribution in [0.5, 0.6) is 0 Å². The summed E-state index contributed by atoms with van der Waals surface area (Å²) >= 11 is 13.7. The Kier molecular flexibility index (Phi) is 3.96. The van der Waals surface area contributed by atoms with E-state index in [1.165, 1.54) is 11.8 Å². The highest BCUT2D eigenvalue weighted by atomic mass is 35.5. The van der Waals surface area contributed by atoms with Gasteiger partial charge >= 0.3 is 0 Å². The van der Waals surface area contributed by atoms with E-state index in [-0.39, 0.29) is 0 Å². The summed E-state index contributed by atoms with van der Waals surface area (Å²) in [6, 6.07) is 14.8. The molecule has 2 rings (SSSR count). The predicted molar refractivity (Wildman–Crippen MR) is 71.7 cm³/mol. The van der Waals surface area contributed by atoms with Crippen molar-refractivity contribution in [3.05, 3.63) is 58.1 Å². The number of hydrogen-bond acceptors (Lipinski definition) is 2. The van der Waals surface area contributed by atoms with Gasteiger partial charge in [-0.2, -0.15) is 5.26 Å². The highest BCUT2D eigenvalue weighted by Crippen LogP contribution is 2.37. The van der Waals surface area contributed by atoms with Gasteiger partial charge in [0.1, 0.15) is 0 Å². The van der Waals surface area contributed by atoms with E-state index in [2.05, 4.69) is 6.07 Å². The third-order valence-electron chi connectivity index (χ3n) is 2.12. The lowest BCUT2D eigenvalue weighted by Gasteiger charge is -2.05. The molecule has 0 bridgehead atoms. The normalized spacial score (nSPS) is 9.94. The summed E-state index contributed by atoms with van der Waals surface area (Å²) in [5, 5.41) is 10.0. The van der Waals surface area contributed by atoms with Crippen molar-refractivity contribution >= 4 is 35.0 Å². The summed E-state index contributed by atoms with van der Waals surface area (Å²) in [6.07, 6.45) is 0. The van der Waals surface area contributed by atoms with Gasteiger partial charge in [-0.3, -0.25) is 0 Å². The fourth-order valence-electron chi connectivity index (χ4n) is 1.30. The second-order valence-electron chi connectivity index (χ2n) is 3.29. The minimum absolute atomic E-state index is 0.554. The van der Waals surface area contributed by atoms with Crippen molar-refractivity contribution in [2.75, 3.05) is 0 Å². The van der Waals surface area contributed by atoms with Crippen LogP contribution in [0.1, 0.15) is 5.56 Å². The highest BCUT2D eigenvalue weighted by molar-refractivity contribution is 7.99. The van der Waals surface area contributed by atoms with Crippen LogP contribution >= 0.6 is 35.0 Å². The lowest BCUT2D eigenvalue weighted by Crippen LogP contribution is -1.79. The third-order valence-corrected chi connectivity index (χ3v) is 4.14. The largest absolute Gasteiger partial charge is 0.192 e. The van der Waals surface area contributed by atoms with E-state index < -0.39 is 0 Å². The fourth-order valence-corrected chi connectivity index (χ4v) is 2.69. The Morgan fingerprint density at radius 2 is 1.65 bits per heavy atom. The average molecular weight is 280 g/mol. The molecule has 0 aromatic heterocycles. The predicted octanol–water partition coefficient (Wildman–Crippen LogP) is 5.02. The van der Waals surface area contributed by atoms with Crippen LogP contribution in [0.15, 0.2) is 52.3 Å². The summed E-state index contributed by atoms with van der Waals surface area (Å²) < 4.78 is 0. The molecule has 0 unspecified atom stereocenters. The summed E-state index contributed by atoms with van der Waals surface area (Å²) in [5.74, 6) is 0. The van der Waals surface area contributed by atoms with Crippen LogP contribution in [0.25, 0.3) is 0 Å². The summed E-state index contributed by atoms with van der Waals surface area (Å²) in [6.45, 7) is 0. The van der Waals surface area contributed by atoms with E-state index in [0.717, 1.165) is 9.79 Å². The van der Waals surface area contributed by atoms with Crippen LogP contribution in [0.4, 0.5) is 0 Å². The van der Waals surface area contributed by atoms with Crippen molar-refractivity contribution < 1.29 is 0 Å². The number of halogens is 2. The molecule has 0 radical (unpaired) electrons. The molecule has 1 nitrogen and oxygen atoms in total. The lowest BCUT2D eigenvalue weighted by atomic mass is 10.2. The van der Waals surface area contributed by atoms with Crippen molar-refractivity contribution in [1.29, 1.82) is 5.26 Å². The molecule has 0 N–H and O–H groups in total. The maximum absolute atomic E-state index is 8.75. The first-order valence-corrected chi connectivity index (χ1v) is 6.40. The number of nitrogens with zero attached hydrogens (tertiary/aromatic N) is 1. The second-order valence-corrected chi connectivity index (χ2v) is 5.19. The second kappa shape index (κ2) is 5.46. The van der Waals surface area contributed by atoms with Gasteiger partial charge in [0.2, 0.25) is 0 Å². The van der Waals surface area contributed by atoms with Gasteiger partial charge in [-0.1, -0.05) is 47.1 Å². The summed E-state index contributed by atoms with van der Waals surface area (Å²) in [7, 11) is 0. The third kappa shape index (κ3) is 2.95. The Morgan fingerprint density at radius 1 is 0.941 bits per heavy atom. The fraction of sp³-hybridized carbons (Fsp3) is 0. The van der Waals surface area contributed by atoms with Crippen molar-refractivity contribution in [2.24, 2.45) is 0 Å². The van der Waals surface area contributed by atoms with Gasteiger partial charge in [0.25, 0.3) is 0 Å². The lowest BCUT2D eigenvalue weighted by molar-refractivity contribution is 1.38. The zero-order valence-electron chi connectivity index (χ0n) is 8.65. The molecule has 0 heterocycles. The van der Waals surface area contributed by atoms with Gasteiger partial charge in [0.15, 0.2) is 0 Å². The molecule has 84 valence electrons. The van der Waals surface area contributed by atoms with E-state index in [9.17, 15) is 0 Å². The molecule has 0 fully saturated rings. The van der Waals surface area contributed by atoms with E-state index in [0.29, 0.717) is 15.6 Å². The molecule has 0 amide bonds. The molecular formula is C13H7Cl2NS. The molecule has 0 saturated heterocycles. The van der Waals surface area contributed by atoms with Gasteiger partial charge in [-0.05, 0) is 30.3 Å². The quantitative estimate of drug-likeness (QED) is 0.771. The highest BCUT2D eigenvalue weighted by Gasteiger charge is 2.06. The Balaban J connectivity index is 2.32. The monoisotopic (exact) mass is 279 g/mol. The van der Waals surface area contributed by atoms with Crippen LogP contribution in [-0.4, -0.2) is 0 Å². The molecule has 0 aliphatic rings. The van der Waals surface area contributed by atoms with Crippen LogP contribution in [0.3, 0.4) is 0 Å². The minimum atomic E-state index is 0.554. The van der Waals surface area contributed by atoms with Crippen molar-refractivity contribution in [3.8, 4) is 6.07 Å². The molecule has 0 saturated carbocycles. The first-order valence-electron chi connectivity index (χ1n) is 4.83. The molecule has 0 atom stereocenters. The summed E-state index contributed by atoms with van der Waals surface area (Å²) in [5.41, 5.74) is 0.554. The summed E-state index contributed by atoms with van der Waals surface area (Å²) in [4.78, 5) is 1.83. The Hall–Kier alpha value is -1.14. The molecule has 2 aromatic rings. The molecular weight excluding hydrogens is 273 g/mol. The van der Waals surface area contributed by atoms with Gasteiger partial charge in [-0.25, -0.2) is 0 Å². The van der Waals surface area contributed by atoms with Crippen LogP contribution in [0.2, 0.25) is 10.0 Å². The maximum atomic E-state index is 8.75. The van der Waals surface area contributed by atoms with Gasteiger partial charge in [0, 0.05) is 9.79 Å².